The first kappa shape index (κ1) is 23.4. The number of nitrogens with zero attached hydrogens (tertiary/aromatic N) is 4. The lowest BCUT2D eigenvalue weighted by Gasteiger charge is -2.35. The van der Waals surface area contributed by atoms with E-state index in [0.717, 1.165) is 74.6 Å². The third-order valence-corrected chi connectivity index (χ3v) is 7.06. The minimum atomic E-state index is -1.00. The quantitative estimate of drug-likeness (QED) is 0.714. The fourth-order valence-corrected chi connectivity index (χ4v) is 5.17. The number of amides is 3. The number of amidine groups is 1. The second-order valence-corrected chi connectivity index (χ2v) is 9.59. The van der Waals surface area contributed by atoms with Crippen molar-refractivity contribution < 1.29 is 9.59 Å². The van der Waals surface area contributed by atoms with E-state index in [1.807, 2.05) is 43.3 Å². The summed E-state index contributed by atoms with van der Waals surface area (Å²) in [7, 11) is 2.11. The number of hydrogen-bond acceptors (Lipinski definition) is 5. The average Bonchev–Trinajstić information content (AvgIpc) is 3.29. The van der Waals surface area contributed by atoms with E-state index in [0.29, 0.717) is 6.54 Å². The van der Waals surface area contributed by atoms with Crippen molar-refractivity contribution in [2.45, 2.75) is 38.8 Å². The van der Waals surface area contributed by atoms with Gasteiger partial charge in [-0.3, -0.25) is 4.79 Å². The summed E-state index contributed by atoms with van der Waals surface area (Å²) in [5.41, 5.74) is 5.15. The van der Waals surface area contributed by atoms with Gasteiger partial charge in [0, 0.05) is 44.0 Å². The molecule has 2 N–H and O–H groups in total. The normalized spacial score (nSPS) is 20.1. The van der Waals surface area contributed by atoms with Gasteiger partial charge in [-0.25, -0.2) is 9.79 Å². The number of likely N-dealkylation sites (N-methyl/N-ethyl adjacent to an activating group) is 1. The first-order valence-electron chi connectivity index (χ1n) is 12.6. The molecule has 8 heteroatoms. The summed E-state index contributed by atoms with van der Waals surface area (Å²) < 4.78 is 0. The standard InChI is InChI=1S/C27H34N6O2/c1-3-13-33-23-10-5-4-9-22(23)25(32-16-14-31(2)15-17-32)29-24(26(33)34)30-27(35)28-21-12-11-19-7-6-8-20(19)18-21/h4-5,9-12,18,24H,3,6-8,13-17H2,1-2H3,(H2,28,30,35)/t24-/m0/s1. The van der Waals surface area contributed by atoms with E-state index in [4.69, 9.17) is 4.99 Å². The average molecular weight is 475 g/mol. The molecule has 0 saturated carbocycles. The van der Waals surface area contributed by atoms with Crippen molar-refractivity contribution in [2.24, 2.45) is 4.99 Å². The number of benzodiazepines with no additional fused rings is 1. The van der Waals surface area contributed by atoms with E-state index >= 15 is 0 Å². The number of piperazine rings is 1. The Morgan fingerprint density at radius 1 is 1.06 bits per heavy atom. The number of carbonyl (C=O) groups excluding carboxylic acids is 2. The highest BCUT2D eigenvalue weighted by Gasteiger charge is 2.34. The van der Waals surface area contributed by atoms with Gasteiger partial charge in [0.05, 0.1) is 5.69 Å². The number of aryl methyl sites for hydroxylation is 2. The van der Waals surface area contributed by atoms with Crippen LogP contribution >= 0.6 is 0 Å². The predicted octanol–water partition coefficient (Wildman–Crippen LogP) is 3.07. The Hall–Kier alpha value is -3.39. The molecule has 2 heterocycles. The fraction of sp³-hybridized carbons (Fsp3) is 0.444. The summed E-state index contributed by atoms with van der Waals surface area (Å²) in [6.45, 7) is 6.09. The molecule has 184 valence electrons. The van der Waals surface area contributed by atoms with Crippen molar-refractivity contribution >= 4 is 29.1 Å². The summed E-state index contributed by atoms with van der Waals surface area (Å²) in [6, 6.07) is 13.5. The Kier molecular flexibility index (Phi) is 6.72. The first-order valence-corrected chi connectivity index (χ1v) is 12.6. The van der Waals surface area contributed by atoms with Crippen molar-refractivity contribution in [3.05, 3.63) is 59.2 Å². The second kappa shape index (κ2) is 10.1. The molecule has 2 aromatic rings. The van der Waals surface area contributed by atoms with Crippen LogP contribution in [0.1, 0.15) is 36.5 Å². The number of para-hydroxylation sites is 1. The lowest BCUT2D eigenvalue weighted by atomic mass is 10.1. The third-order valence-electron chi connectivity index (χ3n) is 7.06. The van der Waals surface area contributed by atoms with Gasteiger partial charge >= 0.3 is 6.03 Å². The summed E-state index contributed by atoms with van der Waals surface area (Å²) >= 11 is 0. The summed E-state index contributed by atoms with van der Waals surface area (Å²) in [5.74, 6) is 0.552. The van der Waals surface area contributed by atoms with Gasteiger partial charge in [-0.2, -0.15) is 0 Å². The van der Waals surface area contributed by atoms with Crippen molar-refractivity contribution in [3.8, 4) is 0 Å². The molecule has 1 fully saturated rings. The van der Waals surface area contributed by atoms with Crippen LogP contribution in [0.4, 0.5) is 16.2 Å². The highest BCUT2D eigenvalue weighted by molar-refractivity contribution is 6.12. The van der Waals surface area contributed by atoms with Gasteiger partial charge in [-0.15, -0.1) is 0 Å². The maximum atomic E-state index is 13.7. The van der Waals surface area contributed by atoms with Crippen LogP contribution in [0, 0.1) is 0 Å². The number of carbonyl (C=O) groups is 2. The third kappa shape index (κ3) is 4.89. The fourth-order valence-electron chi connectivity index (χ4n) is 5.17. The topological polar surface area (TPSA) is 80.3 Å². The Morgan fingerprint density at radius 3 is 2.63 bits per heavy atom. The van der Waals surface area contributed by atoms with Crippen LogP contribution in [-0.4, -0.2) is 73.5 Å². The Morgan fingerprint density at radius 2 is 1.83 bits per heavy atom. The minimum Gasteiger partial charge on any atom is -0.354 e. The summed E-state index contributed by atoms with van der Waals surface area (Å²) in [4.78, 5) is 37.9. The molecule has 3 aliphatic rings. The second-order valence-electron chi connectivity index (χ2n) is 9.59. The number of anilines is 2. The molecule has 2 aromatic carbocycles. The zero-order valence-electron chi connectivity index (χ0n) is 20.6. The maximum Gasteiger partial charge on any atom is 0.321 e. The van der Waals surface area contributed by atoms with Gasteiger partial charge in [0.25, 0.3) is 5.91 Å². The molecule has 1 aliphatic carbocycles. The zero-order chi connectivity index (χ0) is 24.4. The minimum absolute atomic E-state index is 0.215. The smallest absolute Gasteiger partial charge is 0.321 e. The van der Waals surface area contributed by atoms with E-state index in [2.05, 4.69) is 33.5 Å². The highest BCUT2D eigenvalue weighted by Crippen LogP contribution is 2.28. The van der Waals surface area contributed by atoms with Crippen LogP contribution in [0.25, 0.3) is 0 Å². The Labute approximate surface area is 207 Å². The molecule has 8 nitrogen and oxygen atoms in total. The Bertz CT molecular complexity index is 1140. The highest BCUT2D eigenvalue weighted by atomic mass is 16.2. The number of hydrogen-bond donors (Lipinski definition) is 2. The Balaban J connectivity index is 1.43. The predicted molar refractivity (Wildman–Crippen MR) is 139 cm³/mol. The number of benzene rings is 2. The molecule has 5 rings (SSSR count). The molecule has 0 radical (unpaired) electrons. The van der Waals surface area contributed by atoms with Gasteiger partial charge in [-0.1, -0.05) is 25.1 Å². The zero-order valence-corrected chi connectivity index (χ0v) is 20.6. The van der Waals surface area contributed by atoms with E-state index < -0.39 is 12.2 Å². The van der Waals surface area contributed by atoms with Gasteiger partial charge in [0.2, 0.25) is 6.17 Å². The number of aliphatic imine (C=N–C) groups is 1. The molecular formula is C27H34N6O2. The molecular weight excluding hydrogens is 440 g/mol. The van der Waals surface area contributed by atoms with Crippen molar-refractivity contribution in [3.63, 3.8) is 0 Å². The lowest BCUT2D eigenvalue weighted by Crippen LogP contribution is -2.50. The van der Waals surface area contributed by atoms with Gasteiger partial charge in [0.15, 0.2) is 0 Å². The van der Waals surface area contributed by atoms with Gasteiger partial charge in [0.1, 0.15) is 5.84 Å². The SMILES string of the molecule is CCCN1C(=O)[C@H](NC(=O)Nc2ccc3c(c2)CCC3)N=C(N2CCN(C)CC2)c2ccccc21. The molecule has 35 heavy (non-hydrogen) atoms. The van der Waals surface area contributed by atoms with Crippen LogP contribution in [0.5, 0.6) is 0 Å². The van der Waals surface area contributed by atoms with E-state index in [-0.39, 0.29) is 5.91 Å². The lowest BCUT2D eigenvalue weighted by molar-refractivity contribution is -0.120. The molecule has 0 bridgehead atoms. The van der Waals surface area contributed by atoms with Crippen LogP contribution in [-0.2, 0) is 17.6 Å². The molecule has 0 spiro atoms. The van der Waals surface area contributed by atoms with Crippen molar-refractivity contribution in [2.75, 3.05) is 50.0 Å². The number of fused-ring (bicyclic) bond motifs is 2. The molecule has 1 saturated heterocycles. The molecule has 1 atom stereocenters. The van der Waals surface area contributed by atoms with Crippen LogP contribution in [0.2, 0.25) is 0 Å². The van der Waals surface area contributed by atoms with Crippen LogP contribution in [0.3, 0.4) is 0 Å². The van der Waals surface area contributed by atoms with E-state index in [9.17, 15) is 9.59 Å². The molecule has 3 amide bonds. The molecule has 0 unspecified atom stereocenters. The van der Waals surface area contributed by atoms with Gasteiger partial charge in [-0.05, 0) is 68.1 Å². The van der Waals surface area contributed by atoms with E-state index in [1.54, 1.807) is 4.90 Å². The summed E-state index contributed by atoms with van der Waals surface area (Å²) in [6.07, 6.45) is 3.09. The van der Waals surface area contributed by atoms with Crippen molar-refractivity contribution in [1.82, 2.24) is 15.1 Å². The number of rotatable bonds is 4. The van der Waals surface area contributed by atoms with Gasteiger partial charge < -0.3 is 25.3 Å². The largest absolute Gasteiger partial charge is 0.354 e. The maximum absolute atomic E-state index is 13.7. The van der Waals surface area contributed by atoms with Crippen LogP contribution in [0.15, 0.2) is 47.5 Å². The van der Waals surface area contributed by atoms with Crippen LogP contribution < -0.4 is 15.5 Å². The monoisotopic (exact) mass is 474 g/mol. The van der Waals surface area contributed by atoms with Crippen molar-refractivity contribution in [1.29, 1.82) is 0 Å². The first-order chi connectivity index (χ1) is 17.0. The summed E-state index contributed by atoms with van der Waals surface area (Å²) in [5, 5.41) is 5.78. The molecule has 2 aliphatic heterocycles. The number of nitrogens with one attached hydrogen (secondary N) is 2. The number of urea groups is 1. The van der Waals surface area contributed by atoms with E-state index in [1.165, 1.54) is 11.1 Å². The molecule has 0 aromatic heterocycles.